The third-order valence-electron chi connectivity index (χ3n) is 3.99. The largest absolute Gasteiger partial charge is 0.496 e. The summed E-state index contributed by atoms with van der Waals surface area (Å²) in [5, 5.41) is 4.63. The first-order valence-corrected chi connectivity index (χ1v) is 9.00. The molecule has 0 bridgehead atoms. The van der Waals surface area contributed by atoms with Gasteiger partial charge in [-0.05, 0) is 39.0 Å². The molecule has 1 aliphatic rings. The maximum atomic E-state index is 12.6. The summed E-state index contributed by atoms with van der Waals surface area (Å²) >= 11 is 0. The molecule has 10 heteroatoms. The Kier molecular flexibility index (Phi) is 4.81. The molecule has 1 saturated heterocycles. The molecule has 138 valence electrons. The van der Waals surface area contributed by atoms with E-state index in [1.54, 1.807) is 13.8 Å². The third-order valence-corrected chi connectivity index (χ3v) is 5.68. The Balaban J connectivity index is 2.55. The average molecular weight is 370 g/mol. The van der Waals surface area contributed by atoms with Crippen molar-refractivity contribution in [2.45, 2.75) is 36.7 Å². The minimum atomic E-state index is -3.89. The minimum absolute atomic E-state index is 0.0694. The van der Waals surface area contributed by atoms with Crippen LogP contribution in [0.1, 0.15) is 26.3 Å². The van der Waals surface area contributed by atoms with Gasteiger partial charge in [-0.1, -0.05) is 0 Å². The van der Waals surface area contributed by atoms with E-state index >= 15 is 0 Å². The summed E-state index contributed by atoms with van der Waals surface area (Å²) in [6.07, 6.45) is 0. The summed E-state index contributed by atoms with van der Waals surface area (Å²) in [5.74, 6) is -0.322. The van der Waals surface area contributed by atoms with Crippen molar-refractivity contribution in [3.63, 3.8) is 0 Å². The molecule has 1 aromatic rings. The predicted molar refractivity (Wildman–Crippen MR) is 90.5 cm³/mol. The summed E-state index contributed by atoms with van der Waals surface area (Å²) in [6, 6.07) is 3.43. The Labute approximate surface area is 146 Å². The number of nitrogens with one attached hydrogen (secondary N) is 3. The monoisotopic (exact) mass is 370 g/mol. The molecule has 0 aromatic heterocycles. The van der Waals surface area contributed by atoms with Gasteiger partial charge in [0.25, 0.3) is 5.91 Å². The number of hydrogen-bond acceptors (Lipinski definition) is 6. The van der Waals surface area contributed by atoms with Crippen LogP contribution in [0.25, 0.3) is 0 Å². The summed E-state index contributed by atoms with van der Waals surface area (Å²) in [7, 11) is -2.51. The number of ether oxygens (including phenoxy) is 1. The van der Waals surface area contributed by atoms with Crippen LogP contribution in [0.5, 0.6) is 5.75 Å². The van der Waals surface area contributed by atoms with Crippen molar-refractivity contribution in [3.8, 4) is 5.75 Å². The van der Waals surface area contributed by atoms with Gasteiger partial charge in [-0.15, -0.1) is 0 Å². The van der Waals surface area contributed by atoms with Crippen molar-refractivity contribution in [3.05, 3.63) is 23.8 Å². The Hall–Kier alpha value is -2.17. The molecular formula is C15H22N4O5S. The molecule has 9 nitrogen and oxygen atoms in total. The summed E-state index contributed by atoms with van der Waals surface area (Å²) in [4.78, 5) is 23.6. The lowest BCUT2D eigenvalue weighted by Crippen LogP contribution is -2.48. The first kappa shape index (κ1) is 19.2. The number of carbonyl (C=O) groups excluding carboxylic acids is 2. The summed E-state index contributed by atoms with van der Waals surface area (Å²) < 4.78 is 33.0. The molecule has 0 radical (unpaired) electrons. The molecule has 1 aliphatic heterocycles. The third kappa shape index (κ3) is 3.60. The van der Waals surface area contributed by atoms with E-state index in [0.717, 1.165) is 0 Å². The molecule has 1 unspecified atom stereocenters. The molecule has 0 aliphatic carbocycles. The van der Waals surface area contributed by atoms with Gasteiger partial charge in [-0.2, -0.15) is 0 Å². The zero-order chi connectivity index (χ0) is 19.0. The van der Waals surface area contributed by atoms with Gasteiger partial charge in [0.1, 0.15) is 11.3 Å². The van der Waals surface area contributed by atoms with Crippen LogP contribution in [0, 0.1) is 0 Å². The van der Waals surface area contributed by atoms with Crippen molar-refractivity contribution in [2.75, 3.05) is 13.7 Å². The van der Waals surface area contributed by atoms with Crippen molar-refractivity contribution in [1.29, 1.82) is 0 Å². The van der Waals surface area contributed by atoms with Crippen molar-refractivity contribution in [1.82, 2.24) is 15.4 Å². The molecular weight excluding hydrogens is 348 g/mol. The van der Waals surface area contributed by atoms with Crippen molar-refractivity contribution >= 4 is 22.0 Å². The summed E-state index contributed by atoms with van der Waals surface area (Å²) in [6.45, 7) is 4.88. The van der Waals surface area contributed by atoms with Gasteiger partial charge in [0, 0.05) is 17.6 Å². The van der Waals surface area contributed by atoms with Gasteiger partial charge in [-0.3, -0.25) is 10.1 Å². The number of benzene rings is 1. The second kappa shape index (κ2) is 6.28. The van der Waals surface area contributed by atoms with Gasteiger partial charge in [0.05, 0.1) is 12.0 Å². The number of sulfonamides is 1. The van der Waals surface area contributed by atoms with E-state index in [-0.39, 0.29) is 22.8 Å². The number of nitrogens with two attached hydrogens (primary N) is 1. The first-order valence-electron chi connectivity index (χ1n) is 7.51. The fraction of sp³-hybridized carbons (Fsp3) is 0.467. The second-order valence-corrected chi connectivity index (χ2v) is 8.27. The van der Waals surface area contributed by atoms with E-state index in [1.165, 1.54) is 32.2 Å². The smallest absolute Gasteiger partial charge is 0.322 e. The molecule has 5 N–H and O–H groups in total. The topological polar surface area (TPSA) is 140 Å². The number of urea groups is 1. The molecule has 0 saturated carbocycles. The molecule has 3 amide bonds. The zero-order valence-corrected chi connectivity index (χ0v) is 15.3. The summed E-state index contributed by atoms with van der Waals surface area (Å²) in [5.41, 5.74) is 3.51. The average Bonchev–Trinajstić information content (AvgIpc) is 2.79. The van der Waals surface area contributed by atoms with E-state index in [1.807, 2.05) is 0 Å². The molecule has 25 heavy (non-hydrogen) atoms. The molecule has 1 heterocycles. The zero-order valence-electron chi connectivity index (χ0n) is 14.5. The SMILES string of the molecule is COc1ccc(S(=O)(=O)NC(C)(C)CN)cc1C1(C)NC(=O)NC1=O. The normalized spacial score (nSPS) is 21.0. The highest BCUT2D eigenvalue weighted by molar-refractivity contribution is 7.89. The van der Waals surface area contributed by atoms with Crippen LogP contribution in [0.3, 0.4) is 0 Å². The maximum Gasteiger partial charge on any atom is 0.322 e. The number of imide groups is 1. The highest BCUT2D eigenvalue weighted by atomic mass is 32.2. The van der Waals surface area contributed by atoms with Crippen molar-refractivity contribution in [2.24, 2.45) is 5.73 Å². The van der Waals surface area contributed by atoms with E-state index in [0.29, 0.717) is 0 Å². The number of hydrogen-bond donors (Lipinski definition) is 4. The highest BCUT2D eigenvalue weighted by Crippen LogP contribution is 2.34. The fourth-order valence-corrected chi connectivity index (χ4v) is 3.89. The van der Waals surface area contributed by atoms with Crippen LogP contribution in [-0.4, -0.2) is 39.5 Å². The molecule has 1 aromatic carbocycles. The van der Waals surface area contributed by atoms with Gasteiger partial charge >= 0.3 is 6.03 Å². The van der Waals surface area contributed by atoms with Crippen molar-refractivity contribution < 1.29 is 22.7 Å². The number of carbonyl (C=O) groups is 2. The van der Waals surface area contributed by atoms with Crippen LogP contribution in [0.2, 0.25) is 0 Å². The Morgan fingerprint density at radius 3 is 2.44 bits per heavy atom. The van der Waals surface area contributed by atoms with Crippen LogP contribution < -0.4 is 25.8 Å². The highest BCUT2D eigenvalue weighted by Gasteiger charge is 2.45. The lowest BCUT2D eigenvalue weighted by molar-refractivity contribution is -0.123. The Bertz CT molecular complexity index is 821. The fourth-order valence-electron chi connectivity index (χ4n) is 2.44. The van der Waals surface area contributed by atoms with Gasteiger partial charge in [0.2, 0.25) is 10.0 Å². The number of methoxy groups -OCH3 is 1. The molecule has 0 spiro atoms. The predicted octanol–water partition coefficient (Wildman–Crippen LogP) is -0.235. The van der Waals surface area contributed by atoms with E-state index in [2.05, 4.69) is 15.4 Å². The maximum absolute atomic E-state index is 12.6. The molecule has 1 atom stereocenters. The van der Waals surface area contributed by atoms with Gasteiger partial charge in [-0.25, -0.2) is 17.9 Å². The lowest BCUT2D eigenvalue weighted by Gasteiger charge is -2.26. The Morgan fingerprint density at radius 2 is 1.96 bits per heavy atom. The number of amides is 3. The van der Waals surface area contributed by atoms with Gasteiger partial charge < -0.3 is 15.8 Å². The lowest BCUT2D eigenvalue weighted by atomic mass is 9.91. The van der Waals surface area contributed by atoms with Crippen LogP contribution in [0.4, 0.5) is 4.79 Å². The number of rotatable bonds is 6. The standard InChI is InChI=1S/C15H22N4O5S/c1-14(2,8-16)19-25(22,23)9-5-6-11(24-4)10(7-9)15(3)12(20)17-13(21)18-15/h5-7,19H,8,16H2,1-4H3,(H2,17,18,20,21). The molecule has 2 rings (SSSR count). The quantitative estimate of drug-likeness (QED) is 0.510. The second-order valence-electron chi connectivity index (χ2n) is 6.59. The van der Waals surface area contributed by atoms with Crippen LogP contribution in [-0.2, 0) is 20.4 Å². The molecule has 1 fully saturated rings. The van der Waals surface area contributed by atoms with Crippen LogP contribution >= 0.6 is 0 Å². The van der Waals surface area contributed by atoms with E-state index in [9.17, 15) is 18.0 Å². The van der Waals surface area contributed by atoms with Crippen LogP contribution in [0.15, 0.2) is 23.1 Å². The van der Waals surface area contributed by atoms with Gasteiger partial charge in [0.15, 0.2) is 0 Å². The van der Waals surface area contributed by atoms with E-state index in [4.69, 9.17) is 10.5 Å². The minimum Gasteiger partial charge on any atom is -0.496 e. The Morgan fingerprint density at radius 1 is 1.32 bits per heavy atom. The van der Waals surface area contributed by atoms with E-state index < -0.39 is 33.0 Å². The first-order chi connectivity index (χ1) is 11.4.